The molecule has 17 heavy (non-hydrogen) atoms. The summed E-state index contributed by atoms with van der Waals surface area (Å²) in [5.41, 5.74) is 5.51. The van der Waals surface area contributed by atoms with Crippen LogP contribution < -0.4 is 15.8 Å². The molecule has 0 radical (unpaired) electrons. The Morgan fingerprint density at radius 2 is 2.18 bits per heavy atom. The Balaban J connectivity index is 2.49. The van der Waals surface area contributed by atoms with Gasteiger partial charge < -0.3 is 15.8 Å². The Labute approximate surface area is 103 Å². The van der Waals surface area contributed by atoms with Crippen LogP contribution in [-0.4, -0.2) is 44.3 Å². The zero-order valence-electron chi connectivity index (χ0n) is 9.97. The van der Waals surface area contributed by atoms with Crippen molar-refractivity contribution in [1.82, 2.24) is 15.0 Å². The average Bonchev–Trinajstić information content (AvgIpc) is 2.24. The summed E-state index contributed by atoms with van der Waals surface area (Å²) in [6.07, 6.45) is 2.45. The number of nitrogens with zero attached hydrogens (tertiary/aromatic N) is 3. The first-order valence-corrected chi connectivity index (χ1v) is 7.02. The molecule has 96 valence electrons. The van der Waals surface area contributed by atoms with Crippen molar-refractivity contribution in [3.8, 4) is 6.01 Å². The largest absolute Gasteiger partial charge is 0.464 e. The van der Waals surface area contributed by atoms with E-state index in [1.165, 1.54) is 0 Å². The molecule has 1 heterocycles. The molecular weight excluding hydrogens is 242 g/mol. The Kier molecular flexibility index (Phi) is 5.61. The van der Waals surface area contributed by atoms with Crippen molar-refractivity contribution in [3.05, 3.63) is 0 Å². The SMILES string of the molecule is CCOc1nc(N)nc(NCCCS(C)=O)n1. The van der Waals surface area contributed by atoms with E-state index in [1.54, 1.807) is 6.26 Å². The van der Waals surface area contributed by atoms with Gasteiger partial charge in [0.25, 0.3) is 0 Å². The monoisotopic (exact) mass is 259 g/mol. The fraction of sp³-hybridized carbons (Fsp3) is 0.667. The van der Waals surface area contributed by atoms with Gasteiger partial charge in [-0.1, -0.05) is 0 Å². The maximum Gasteiger partial charge on any atom is 0.323 e. The van der Waals surface area contributed by atoms with E-state index in [0.29, 0.717) is 24.9 Å². The molecule has 3 N–H and O–H groups in total. The minimum atomic E-state index is -0.778. The second kappa shape index (κ2) is 7.00. The van der Waals surface area contributed by atoms with E-state index in [1.807, 2.05) is 6.92 Å². The summed E-state index contributed by atoms with van der Waals surface area (Å²) in [7, 11) is -0.778. The maximum atomic E-state index is 10.9. The van der Waals surface area contributed by atoms with Crippen molar-refractivity contribution < 1.29 is 8.95 Å². The highest BCUT2D eigenvalue weighted by molar-refractivity contribution is 7.84. The summed E-state index contributed by atoms with van der Waals surface area (Å²) >= 11 is 0. The topological polar surface area (TPSA) is 103 Å². The second-order valence-corrected chi connectivity index (χ2v) is 4.85. The molecule has 0 amide bonds. The molecule has 7 nitrogen and oxygen atoms in total. The van der Waals surface area contributed by atoms with Crippen molar-refractivity contribution in [2.24, 2.45) is 0 Å². The van der Waals surface area contributed by atoms with Crippen molar-refractivity contribution >= 4 is 22.7 Å². The smallest absolute Gasteiger partial charge is 0.323 e. The van der Waals surface area contributed by atoms with Crippen LogP contribution in [0.25, 0.3) is 0 Å². The van der Waals surface area contributed by atoms with Gasteiger partial charge in [0.1, 0.15) is 0 Å². The highest BCUT2D eigenvalue weighted by atomic mass is 32.2. The molecule has 1 atom stereocenters. The third-order valence-electron chi connectivity index (χ3n) is 1.80. The lowest BCUT2D eigenvalue weighted by molar-refractivity contribution is 0.312. The molecule has 0 aliphatic heterocycles. The molecule has 0 aromatic carbocycles. The fourth-order valence-corrected chi connectivity index (χ4v) is 1.67. The molecular formula is C9H17N5O2S. The lowest BCUT2D eigenvalue weighted by Crippen LogP contribution is -2.11. The van der Waals surface area contributed by atoms with Crippen molar-refractivity contribution in [3.63, 3.8) is 0 Å². The standard InChI is InChI=1S/C9H17N5O2S/c1-3-16-9-13-7(10)12-8(14-9)11-5-4-6-17(2)15/h3-6H2,1-2H3,(H3,10,11,12,13,14). The molecule has 1 aromatic rings. The number of hydrogen-bond donors (Lipinski definition) is 2. The summed E-state index contributed by atoms with van der Waals surface area (Å²) in [6, 6.07) is 0.210. The molecule has 0 fully saturated rings. The first-order valence-electron chi connectivity index (χ1n) is 5.30. The first kappa shape index (κ1) is 13.6. The number of anilines is 2. The Bertz CT molecular complexity index is 388. The van der Waals surface area contributed by atoms with Crippen molar-refractivity contribution in [1.29, 1.82) is 0 Å². The van der Waals surface area contributed by atoms with E-state index in [2.05, 4.69) is 20.3 Å². The molecule has 8 heteroatoms. The van der Waals surface area contributed by atoms with Gasteiger partial charge in [0.15, 0.2) is 0 Å². The predicted molar refractivity (Wildman–Crippen MR) is 67.4 cm³/mol. The quantitative estimate of drug-likeness (QED) is 0.666. The van der Waals surface area contributed by atoms with Crippen LogP contribution in [0.4, 0.5) is 11.9 Å². The van der Waals surface area contributed by atoms with Crippen LogP contribution in [-0.2, 0) is 10.8 Å². The average molecular weight is 259 g/mol. The van der Waals surface area contributed by atoms with Crippen molar-refractivity contribution in [2.75, 3.05) is 36.2 Å². The van der Waals surface area contributed by atoms with Crippen LogP contribution in [0, 0.1) is 0 Å². The lowest BCUT2D eigenvalue weighted by Gasteiger charge is -2.06. The van der Waals surface area contributed by atoms with Gasteiger partial charge in [0, 0.05) is 29.4 Å². The minimum absolute atomic E-state index is 0.116. The molecule has 1 rings (SSSR count). The van der Waals surface area contributed by atoms with E-state index in [-0.39, 0.29) is 12.0 Å². The molecule has 1 unspecified atom stereocenters. The molecule has 0 saturated carbocycles. The molecule has 0 aliphatic carbocycles. The van der Waals surface area contributed by atoms with Crippen LogP contribution in [0.1, 0.15) is 13.3 Å². The Hall–Kier alpha value is -1.44. The lowest BCUT2D eigenvalue weighted by atomic mass is 10.5. The van der Waals surface area contributed by atoms with E-state index >= 15 is 0 Å². The van der Waals surface area contributed by atoms with E-state index in [4.69, 9.17) is 10.5 Å². The summed E-state index contributed by atoms with van der Waals surface area (Å²) in [6.45, 7) is 2.94. The van der Waals surface area contributed by atoms with Gasteiger partial charge in [-0.3, -0.25) is 4.21 Å². The van der Waals surface area contributed by atoms with E-state index < -0.39 is 10.8 Å². The molecule has 0 aliphatic rings. The molecule has 1 aromatic heterocycles. The highest BCUT2D eigenvalue weighted by Crippen LogP contribution is 2.08. The third-order valence-corrected chi connectivity index (χ3v) is 2.66. The van der Waals surface area contributed by atoms with Crippen LogP contribution in [0.5, 0.6) is 6.01 Å². The minimum Gasteiger partial charge on any atom is -0.464 e. The van der Waals surface area contributed by atoms with Crippen LogP contribution in [0.2, 0.25) is 0 Å². The van der Waals surface area contributed by atoms with Gasteiger partial charge in [0.2, 0.25) is 11.9 Å². The molecule has 0 bridgehead atoms. The Morgan fingerprint density at radius 3 is 2.82 bits per heavy atom. The van der Waals surface area contributed by atoms with E-state index in [0.717, 1.165) is 6.42 Å². The Morgan fingerprint density at radius 1 is 1.41 bits per heavy atom. The number of aromatic nitrogens is 3. The van der Waals surface area contributed by atoms with E-state index in [9.17, 15) is 4.21 Å². The molecule has 0 saturated heterocycles. The van der Waals surface area contributed by atoms with Crippen LogP contribution >= 0.6 is 0 Å². The van der Waals surface area contributed by atoms with Crippen LogP contribution in [0.3, 0.4) is 0 Å². The van der Waals surface area contributed by atoms with Gasteiger partial charge in [0.05, 0.1) is 6.61 Å². The summed E-state index contributed by atoms with van der Waals surface area (Å²) in [5, 5.41) is 2.98. The second-order valence-electron chi connectivity index (χ2n) is 3.29. The number of nitrogens with two attached hydrogens (primary N) is 1. The molecule has 0 spiro atoms. The first-order chi connectivity index (χ1) is 8.11. The summed E-state index contributed by atoms with van der Waals surface area (Å²) in [5.74, 6) is 1.14. The number of nitrogens with one attached hydrogen (secondary N) is 1. The van der Waals surface area contributed by atoms with Gasteiger partial charge in [-0.25, -0.2) is 0 Å². The fourth-order valence-electron chi connectivity index (χ4n) is 1.12. The summed E-state index contributed by atoms with van der Waals surface area (Å²) < 4.78 is 16.0. The van der Waals surface area contributed by atoms with Gasteiger partial charge >= 0.3 is 6.01 Å². The summed E-state index contributed by atoms with van der Waals surface area (Å²) in [4.78, 5) is 11.8. The van der Waals surface area contributed by atoms with Crippen LogP contribution in [0.15, 0.2) is 0 Å². The number of ether oxygens (including phenoxy) is 1. The maximum absolute atomic E-state index is 10.9. The normalized spacial score (nSPS) is 12.1. The van der Waals surface area contributed by atoms with Crippen molar-refractivity contribution in [2.45, 2.75) is 13.3 Å². The zero-order valence-corrected chi connectivity index (χ0v) is 10.8. The van der Waals surface area contributed by atoms with Gasteiger partial charge in [-0.15, -0.1) is 0 Å². The highest BCUT2D eigenvalue weighted by Gasteiger charge is 2.04. The third kappa shape index (κ3) is 5.43. The van der Waals surface area contributed by atoms with Gasteiger partial charge in [-0.2, -0.15) is 15.0 Å². The number of hydrogen-bond acceptors (Lipinski definition) is 7. The number of rotatable bonds is 7. The van der Waals surface area contributed by atoms with Gasteiger partial charge in [-0.05, 0) is 13.3 Å². The zero-order chi connectivity index (χ0) is 12.7. The predicted octanol–water partition coefficient (Wildman–Crippen LogP) is 0.0330. The number of nitrogen functional groups attached to an aromatic ring is 1.